The van der Waals surface area contributed by atoms with E-state index in [4.69, 9.17) is 8.85 Å². The molecule has 196 valence electrons. The van der Waals surface area contributed by atoms with Crippen LogP contribution in [0.4, 0.5) is 0 Å². The molecule has 0 aromatic heterocycles. The van der Waals surface area contributed by atoms with E-state index in [2.05, 4.69) is 111 Å². The van der Waals surface area contributed by atoms with E-state index in [1.165, 1.54) is 41.5 Å². The van der Waals surface area contributed by atoms with Crippen molar-refractivity contribution in [2.45, 2.75) is 99.4 Å². The van der Waals surface area contributed by atoms with Crippen LogP contribution in [0.2, 0.25) is 18.1 Å². The second kappa shape index (κ2) is 9.78. The van der Waals surface area contributed by atoms with Crippen LogP contribution in [-0.4, -0.2) is 14.1 Å². The molecule has 0 saturated heterocycles. The van der Waals surface area contributed by atoms with Gasteiger partial charge >= 0.3 is 14.1 Å². The van der Waals surface area contributed by atoms with Gasteiger partial charge in [-0.2, -0.15) is 0 Å². The van der Waals surface area contributed by atoms with Crippen molar-refractivity contribution >= 4 is 14.1 Å². The lowest BCUT2D eigenvalue weighted by Crippen LogP contribution is -2.46. The molecule has 0 radical (unpaired) electrons. The van der Waals surface area contributed by atoms with E-state index >= 15 is 0 Å². The minimum Gasteiger partial charge on any atom is -0.480 e. The molecule has 0 bridgehead atoms. The van der Waals surface area contributed by atoms with Gasteiger partial charge in [-0.05, 0) is 74.8 Å². The summed E-state index contributed by atoms with van der Waals surface area (Å²) in [6, 6.07) is 10.6. The Balaban J connectivity index is 1.96. The van der Waals surface area contributed by atoms with Crippen LogP contribution >= 0.6 is 0 Å². The molecule has 3 heteroatoms. The van der Waals surface area contributed by atoms with Gasteiger partial charge < -0.3 is 8.85 Å². The van der Waals surface area contributed by atoms with E-state index in [0.29, 0.717) is 30.3 Å². The van der Waals surface area contributed by atoms with E-state index in [1.807, 2.05) is 0 Å². The van der Waals surface area contributed by atoms with Gasteiger partial charge in [-0.25, -0.2) is 0 Å². The van der Waals surface area contributed by atoms with Gasteiger partial charge in [0.05, 0.1) is 5.57 Å². The molecule has 1 spiro atoms. The third kappa shape index (κ3) is 4.73. The molecule has 0 amide bonds. The SMILES string of the molecule is CC(C)=C[C@@H]1C[C@@H](C)[C@@H]2CC[C@H](C)C3=C(OCc4ccccc4)C(=[O+][Si](C)(C)C(C)(C)C)C(C)=CC312. The van der Waals surface area contributed by atoms with Gasteiger partial charge in [0.15, 0.2) is 0 Å². The minimum absolute atomic E-state index is 0.0325. The summed E-state index contributed by atoms with van der Waals surface area (Å²) >= 11 is 0. The van der Waals surface area contributed by atoms with Gasteiger partial charge in [-0.15, -0.1) is 0 Å². The number of rotatable bonds is 5. The Labute approximate surface area is 221 Å². The summed E-state index contributed by atoms with van der Waals surface area (Å²) in [7, 11) is -2.06. The zero-order chi connectivity index (χ0) is 26.5. The lowest BCUT2D eigenvalue weighted by Gasteiger charge is -2.49. The largest absolute Gasteiger partial charge is 0.517 e. The fourth-order valence-electron chi connectivity index (χ4n) is 6.88. The Morgan fingerprint density at radius 1 is 1.11 bits per heavy atom. The molecular formula is C33H49O2Si+. The predicted molar refractivity (Wildman–Crippen MR) is 155 cm³/mol. The van der Waals surface area contributed by atoms with Crippen molar-refractivity contribution in [3.63, 3.8) is 0 Å². The van der Waals surface area contributed by atoms with Crippen molar-refractivity contribution in [2.75, 3.05) is 0 Å². The molecule has 1 unspecified atom stereocenters. The quantitative estimate of drug-likeness (QED) is 0.222. The molecule has 0 heterocycles. The van der Waals surface area contributed by atoms with Crippen molar-refractivity contribution in [3.05, 3.63) is 70.5 Å². The Morgan fingerprint density at radius 2 is 1.78 bits per heavy atom. The molecule has 1 aromatic rings. The Hall–Kier alpha value is -1.87. The highest BCUT2D eigenvalue weighted by Gasteiger charge is 2.61. The number of ether oxygens (including phenoxy) is 1. The predicted octanol–water partition coefficient (Wildman–Crippen LogP) is 9.18. The number of carbonyl (C=O) groups excluding carboxylic acids is 1. The van der Waals surface area contributed by atoms with Gasteiger partial charge in [-0.1, -0.05) is 82.7 Å². The van der Waals surface area contributed by atoms with Crippen LogP contribution < -0.4 is 0 Å². The molecule has 1 aromatic carbocycles. The van der Waals surface area contributed by atoms with Crippen molar-refractivity contribution in [3.8, 4) is 0 Å². The highest BCUT2D eigenvalue weighted by atomic mass is 28.4. The van der Waals surface area contributed by atoms with E-state index in [-0.39, 0.29) is 10.5 Å². The van der Waals surface area contributed by atoms with Gasteiger partial charge in [0.25, 0.3) is 0 Å². The molecule has 3 aliphatic rings. The number of hydrogen-bond donors (Lipinski definition) is 0. The van der Waals surface area contributed by atoms with Gasteiger partial charge in [0.1, 0.15) is 6.61 Å². The summed E-state index contributed by atoms with van der Waals surface area (Å²) in [4.78, 5) is 0. The summed E-state index contributed by atoms with van der Waals surface area (Å²) in [5.41, 5.74) is 5.45. The monoisotopic (exact) mass is 505 g/mol. The molecule has 4 rings (SSSR count). The van der Waals surface area contributed by atoms with Crippen molar-refractivity contribution in [1.82, 2.24) is 0 Å². The van der Waals surface area contributed by atoms with E-state index in [0.717, 1.165) is 11.5 Å². The van der Waals surface area contributed by atoms with E-state index in [1.54, 1.807) is 0 Å². The molecular weight excluding hydrogens is 456 g/mol. The number of benzene rings is 1. The molecule has 36 heavy (non-hydrogen) atoms. The van der Waals surface area contributed by atoms with Crippen LogP contribution in [0.15, 0.2) is 65.0 Å². The lowest BCUT2D eigenvalue weighted by atomic mass is 9.54. The average molecular weight is 506 g/mol. The second-order valence-electron chi connectivity index (χ2n) is 13.6. The van der Waals surface area contributed by atoms with E-state index < -0.39 is 8.32 Å². The summed E-state index contributed by atoms with van der Waals surface area (Å²) < 4.78 is 14.1. The smallest absolute Gasteiger partial charge is 0.480 e. The maximum Gasteiger partial charge on any atom is 0.517 e. The zero-order valence-corrected chi connectivity index (χ0v) is 25.5. The lowest BCUT2D eigenvalue weighted by molar-refractivity contribution is -0.312. The summed E-state index contributed by atoms with van der Waals surface area (Å²) in [6.07, 6.45) is 8.97. The van der Waals surface area contributed by atoms with Crippen LogP contribution in [0, 0.1) is 29.1 Å². The molecule has 5 atom stereocenters. The van der Waals surface area contributed by atoms with Crippen molar-refractivity contribution in [2.24, 2.45) is 29.1 Å². The van der Waals surface area contributed by atoms with Crippen LogP contribution in [0.3, 0.4) is 0 Å². The van der Waals surface area contributed by atoms with Crippen LogP contribution in [0.25, 0.3) is 0 Å². The summed E-state index contributed by atoms with van der Waals surface area (Å²) in [5, 5.41) is 0.123. The third-order valence-electron chi connectivity index (χ3n) is 9.60. The topological polar surface area (TPSA) is 20.5 Å². The van der Waals surface area contributed by atoms with Crippen molar-refractivity contribution in [1.29, 1.82) is 0 Å². The molecule has 3 aliphatic carbocycles. The Morgan fingerprint density at radius 3 is 2.39 bits per heavy atom. The first-order chi connectivity index (χ1) is 16.8. The van der Waals surface area contributed by atoms with Gasteiger partial charge in [0, 0.05) is 23.5 Å². The third-order valence-corrected chi connectivity index (χ3v) is 13.9. The molecule has 2 saturated carbocycles. The highest BCUT2D eigenvalue weighted by Crippen LogP contribution is 2.65. The first-order valence-electron chi connectivity index (χ1n) is 14.1. The maximum atomic E-state index is 7.13. The number of ketones is 1. The molecule has 0 N–H and O–H groups in total. The average Bonchev–Trinajstić information content (AvgIpc) is 3.03. The first-order valence-corrected chi connectivity index (χ1v) is 17.0. The fraction of sp³-hybridized carbons (Fsp3) is 0.606. The first kappa shape index (κ1) is 27.2. The standard InChI is InChI=1S/C33H49O2Si/c1-22(2)18-27-19-24(4)28-17-16-23(3)29-31(34-21-26-14-12-11-13-15-26)30(25(5)20-33(27,28)29)35-36(9,10)32(6,7)8/h11-15,18,20,23-24,27-28H,16-17,19,21H2,1-10H3/q+1/t23-,24+,27+,28-,33?/m0/s1. The molecule has 2 fully saturated rings. The van der Waals surface area contributed by atoms with Crippen LogP contribution in [0.5, 0.6) is 0 Å². The van der Waals surface area contributed by atoms with Crippen LogP contribution in [0.1, 0.15) is 80.2 Å². The van der Waals surface area contributed by atoms with Gasteiger partial charge in [-0.3, -0.25) is 0 Å². The normalized spacial score (nSPS) is 31.6. The number of allylic oxidation sites excluding steroid dienone is 5. The summed E-state index contributed by atoms with van der Waals surface area (Å²) in [6.45, 7) is 24.0. The van der Waals surface area contributed by atoms with Crippen LogP contribution in [-0.2, 0) is 15.5 Å². The molecule has 0 aliphatic heterocycles. The van der Waals surface area contributed by atoms with Crippen molar-refractivity contribution < 1.29 is 8.85 Å². The fourth-order valence-corrected chi connectivity index (χ4v) is 7.95. The highest BCUT2D eigenvalue weighted by molar-refractivity contribution is 6.72. The molecule has 2 nitrogen and oxygen atoms in total. The minimum atomic E-state index is -2.06. The zero-order valence-electron chi connectivity index (χ0n) is 24.5. The summed E-state index contributed by atoms with van der Waals surface area (Å²) in [5.74, 6) is 4.43. The Bertz CT molecular complexity index is 1090. The van der Waals surface area contributed by atoms with Gasteiger partial charge in [0.2, 0.25) is 5.76 Å². The number of hydrogen-bond acceptors (Lipinski definition) is 1. The Kier molecular flexibility index (Phi) is 7.38. The maximum absolute atomic E-state index is 7.13. The van der Waals surface area contributed by atoms with E-state index in [9.17, 15) is 0 Å². The second-order valence-corrected chi connectivity index (χ2v) is 18.3.